The summed E-state index contributed by atoms with van der Waals surface area (Å²) >= 11 is 0. The Morgan fingerprint density at radius 2 is 2.00 bits per heavy atom. The lowest BCUT2D eigenvalue weighted by molar-refractivity contribution is 0.0921. The number of nitrogens with one attached hydrogen (secondary N) is 1. The van der Waals surface area contributed by atoms with Gasteiger partial charge in [0.25, 0.3) is 5.91 Å². The minimum atomic E-state index is 0.0393. The van der Waals surface area contributed by atoms with Crippen molar-refractivity contribution in [2.75, 3.05) is 5.73 Å². The van der Waals surface area contributed by atoms with Crippen molar-refractivity contribution in [1.29, 1.82) is 0 Å². The molecule has 1 aromatic rings. The van der Waals surface area contributed by atoms with Crippen LogP contribution in [0.5, 0.6) is 0 Å². The van der Waals surface area contributed by atoms with Crippen molar-refractivity contribution in [1.82, 2.24) is 5.32 Å². The molecule has 0 unspecified atom stereocenters. The summed E-state index contributed by atoms with van der Waals surface area (Å²) in [6, 6.07) is 5.79. The van der Waals surface area contributed by atoms with E-state index in [2.05, 4.69) is 12.2 Å². The van der Waals surface area contributed by atoms with Gasteiger partial charge in [-0.3, -0.25) is 4.79 Å². The molecule has 3 N–H and O–H groups in total. The van der Waals surface area contributed by atoms with E-state index in [1.807, 2.05) is 19.1 Å². The van der Waals surface area contributed by atoms with Crippen molar-refractivity contribution >= 4 is 11.6 Å². The molecule has 104 valence electrons. The summed E-state index contributed by atoms with van der Waals surface area (Å²) in [5.74, 6) is 0.892. The standard InChI is InChI=1S/C16H24N2O/c1-3-12-4-7-14(8-5-12)18-16(19)15-9-6-13(17)10-11(15)2/h6,9-10,12,14H,3-5,7-8,17H2,1-2H3,(H,18,19). The monoisotopic (exact) mass is 260 g/mol. The van der Waals surface area contributed by atoms with E-state index >= 15 is 0 Å². The Kier molecular flexibility index (Phi) is 4.46. The van der Waals surface area contributed by atoms with Gasteiger partial charge in [-0.05, 0) is 62.3 Å². The van der Waals surface area contributed by atoms with Crippen LogP contribution < -0.4 is 11.1 Å². The smallest absolute Gasteiger partial charge is 0.251 e. The van der Waals surface area contributed by atoms with Crippen LogP contribution in [0.1, 0.15) is 54.9 Å². The van der Waals surface area contributed by atoms with Crippen molar-refractivity contribution < 1.29 is 4.79 Å². The second-order valence-electron chi connectivity index (χ2n) is 5.67. The van der Waals surface area contributed by atoms with Gasteiger partial charge in [0.1, 0.15) is 0 Å². The predicted molar refractivity (Wildman–Crippen MR) is 79.1 cm³/mol. The highest BCUT2D eigenvalue weighted by Crippen LogP contribution is 2.26. The molecule has 0 saturated heterocycles. The molecule has 1 saturated carbocycles. The number of carbonyl (C=O) groups is 1. The maximum absolute atomic E-state index is 12.2. The number of aryl methyl sites for hydroxylation is 1. The van der Waals surface area contributed by atoms with E-state index in [1.54, 1.807) is 6.07 Å². The van der Waals surface area contributed by atoms with Gasteiger partial charge in [-0.25, -0.2) is 0 Å². The van der Waals surface area contributed by atoms with E-state index in [-0.39, 0.29) is 5.91 Å². The number of benzene rings is 1. The maximum atomic E-state index is 12.2. The van der Waals surface area contributed by atoms with Crippen LogP contribution in [-0.4, -0.2) is 11.9 Å². The van der Waals surface area contributed by atoms with Gasteiger partial charge in [-0.1, -0.05) is 13.3 Å². The molecule has 0 bridgehead atoms. The van der Waals surface area contributed by atoms with Gasteiger partial charge in [-0.2, -0.15) is 0 Å². The lowest BCUT2D eigenvalue weighted by Gasteiger charge is -2.28. The zero-order valence-corrected chi connectivity index (χ0v) is 11.9. The number of hydrogen-bond donors (Lipinski definition) is 2. The van der Waals surface area contributed by atoms with Crippen molar-refractivity contribution in [3.05, 3.63) is 29.3 Å². The summed E-state index contributed by atoms with van der Waals surface area (Å²) in [5.41, 5.74) is 8.10. The van der Waals surface area contributed by atoms with Crippen LogP contribution in [0.3, 0.4) is 0 Å². The van der Waals surface area contributed by atoms with Gasteiger partial charge in [0.05, 0.1) is 0 Å². The topological polar surface area (TPSA) is 55.1 Å². The summed E-state index contributed by atoms with van der Waals surface area (Å²) in [6.07, 6.45) is 5.96. The molecule has 1 amide bonds. The predicted octanol–water partition coefficient (Wildman–Crippen LogP) is 3.28. The largest absolute Gasteiger partial charge is 0.399 e. The number of hydrogen-bond acceptors (Lipinski definition) is 2. The number of rotatable bonds is 3. The molecule has 1 aliphatic carbocycles. The molecule has 0 aromatic heterocycles. The highest BCUT2D eigenvalue weighted by molar-refractivity contribution is 5.96. The van der Waals surface area contributed by atoms with Crippen LogP contribution >= 0.6 is 0 Å². The second kappa shape index (κ2) is 6.09. The fourth-order valence-corrected chi connectivity index (χ4v) is 2.92. The van der Waals surface area contributed by atoms with Gasteiger partial charge >= 0.3 is 0 Å². The molecule has 1 aliphatic rings. The quantitative estimate of drug-likeness (QED) is 0.819. The molecule has 3 nitrogen and oxygen atoms in total. The summed E-state index contributed by atoms with van der Waals surface area (Å²) in [7, 11) is 0. The van der Waals surface area contributed by atoms with Crippen molar-refractivity contribution in [3.8, 4) is 0 Å². The van der Waals surface area contributed by atoms with Crippen LogP contribution in [0.4, 0.5) is 5.69 Å². The number of anilines is 1. The van der Waals surface area contributed by atoms with Gasteiger partial charge in [-0.15, -0.1) is 0 Å². The van der Waals surface area contributed by atoms with Crippen molar-refractivity contribution in [2.45, 2.75) is 52.0 Å². The molecule has 19 heavy (non-hydrogen) atoms. The minimum Gasteiger partial charge on any atom is -0.399 e. The number of carbonyl (C=O) groups excluding carboxylic acids is 1. The maximum Gasteiger partial charge on any atom is 0.251 e. The Bertz CT molecular complexity index is 448. The zero-order valence-electron chi connectivity index (χ0n) is 11.9. The molecular formula is C16H24N2O. The first-order chi connectivity index (χ1) is 9.10. The van der Waals surface area contributed by atoms with Crippen LogP contribution in [-0.2, 0) is 0 Å². The molecule has 0 aliphatic heterocycles. The third kappa shape index (κ3) is 3.49. The van der Waals surface area contributed by atoms with E-state index < -0.39 is 0 Å². The lowest BCUT2D eigenvalue weighted by Crippen LogP contribution is -2.37. The first kappa shape index (κ1) is 13.9. The molecule has 0 spiro atoms. The number of amides is 1. The van der Waals surface area contributed by atoms with E-state index in [0.717, 1.165) is 29.9 Å². The van der Waals surface area contributed by atoms with E-state index in [1.165, 1.54) is 19.3 Å². The second-order valence-corrected chi connectivity index (χ2v) is 5.67. The van der Waals surface area contributed by atoms with Gasteiger partial charge in [0.15, 0.2) is 0 Å². The van der Waals surface area contributed by atoms with E-state index in [4.69, 9.17) is 5.73 Å². The zero-order chi connectivity index (χ0) is 13.8. The summed E-state index contributed by atoms with van der Waals surface area (Å²) < 4.78 is 0. The van der Waals surface area contributed by atoms with Crippen LogP contribution in [0.25, 0.3) is 0 Å². The lowest BCUT2D eigenvalue weighted by atomic mass is 9.84. The van der Waals surface area contributed by atoms with E-state index in [0.29, 0.717) is 11.7 Å². The number of nitrogens with two attached hydrogens (primary N) is 1. The highest BCUT2D eigenvalue weighted by Gasteiger charge is 2.22. The van der Waals surface area contributed by atoms with Gasteiger partial charge < -0.3 is 11.1 Å². The van der Waals surface area contributed by atoms with Gasteiger partial charge in [0, 0.05) is 17.3 Å². The number of nitrogen functional groups attached to an aromatic ring is 1. The molecule has 1 fully saturated rings. The van der Waals surface area contributed by atoms with Crippen molar-refractivity contribution in [3.63, 3.8) is 0 Å². The van der Waals surface area contributed by atoms with Crippen LogP contribution in [0.15, 0.2) is 18.2 Å². The van der Waals surface area contributed by atoms with Crippen molar-refractivity contribution in [2.24, 2.45) is 5.92 Å². The average molecular weight is 260 g/mol. The third-order valence-electron chi connectivity index (χ3n) is 4.25. The Hall–Kier alpha value is -1.51. The highest BCUT2D eigenvalue weighted by atomic mass is 16.1. The van der Waals surface area contributed by atoms with Crippen LogP contribution in [0.2, 0.25) is 0 Å². The fraction of sp³-hybridized carbons (Fsp3) is 0.562. The summed E-state index contributed by atoms with van der Waals surface area (Å²) in [6.45, 7) is 4.18. The molecule has 0 radical (unpaired) electrons. The average Bonchev–Trinajstić information content (AvgIpc) is 2.39. The Morgan fingerprint density at radius 1 is 1.32 bits per heavy atom. The Labute approximate surface area is 115 Å². The molecule has 0 atom stereocenters. The van der Waals surface area contributed by atoms with Gasteiger partial charge in [0.2, 0.25) is 0 Å². The summed E-state index contributed by atoms with van der Waals surface area (Å²) in [4.78, 5) is 12.2. The Morgan fingerprint density at radius 3 is 2.58 bits per heavy atom. The molecule has 1 aromatic carbocycles. The molecule has 3 heteroatoms. The van der Waals surface area contributed by atoms with E-state index in [9.17, 15) is 4.79 Å². The first-order valence-electron chi connectivity index (χ1n) is 7.27. The Balaban J connectivity index is 1.94. The minimum absolute atomic E-state index is 0.0393. The molecule has 0 heterocycles. The first-order valence-corrected chi connectivity index (χ1v) is 7.27. The molecule has 2 rings (SSSR count). The summed E-state index contributed by atoms with van der Waals surface area (Å²) in [5, 5.41) is 3.16. The fourth-order valence-electron chi connectivity index (χ4n) is 2.92. The molecular weight excluding hydrogens is 236 g/mol. The third-order valence-corrected chi connectivity index (χ3v) is 4.25. The SMILES string of the molecule is CCC1CCC(NC(=O)c2ccc(N)cc2C)CC1. The normalized spacial score (nSPS) is 23.1. The van der Waals surface area contributed by atoms with Crippen LogP contribution in [0, 0.1) is 12.8 Å².